The van der Waals surface area contributed by atoms with E-state index in [2.05, 4.69) is 19.2 Å². The number of carbonyl (C=O) groups is 2. The van der Waals surface area contributed by atoms with Crippen LogP contribution in [0, 0.1) is 6.92 Å². The van der Waals surface area contributed by atoms with Gasteiger partial charge in [-0.05, 0) is 61.4 Å². The zero-order valence-electron chi connectivity index (χ0n) is 22.7. The number of sulfonamides is 1. The molecule has 0 saturated heterocycles. The summed E-state index contributed by atoms with van der Waals surface area (Å²) in [6, 6.07) is 14.3. The second-order valence-corrected chi connectivity index (χ2v) is 12.4. The Labute approximate surface area is 222 Å². The zero-order chi connectivity index (χ0) is 27.2. The number of nitrogens with zero attached hydrogens (tertiary/aromatic N) is 2. The van der Waals surface area contributed by atoms with Gasteiger partial charge in [-0.15, -0.1) is 0 Å². The molecule has 2 amide bonds. The Bertz CT molecular complexity index is 1170. The van der Waals surface area contributed by atoms with Crippen LogP contribution in [0.25, 0.3) is 0 Å². The molecule has 0 spiro atoms. The highest BCUT2D eigenvalue weighted by molar-refractivity contribution is 7.92. The molecule has 0 bridgehead atoms. The van der Waals surface area contributed by atoms with E-state index in [1.807, 2.05) is 43.3 Å². The lowest BCUT2D eigenvalue weighted by atomic mass is 9.95. The summed E-state index contributed by atoms with van der Waals surface area (Å²) in [6.45, 7) is 7.65. The monoisotopic (exact) mass is 527 g/mol. The van der Waals surface area contributed by atoms with Gasteiger partial charge in [0.05, 0.1) is 11.9 Å². The molecular formula is C29H41N3O4S. The molecule has 0 heterocycles. The number of benzene rings is 2. The highest BCUT2D eigenvalue weighted by Gasteiger charge is 2.31. The van der Waals surface area contributed by atoms with Crippen molar-refractivity contribution in [3.8, 4) is 0 Å². The number of anilines is 1. The fourth-order valence-corrected chi connectivity index (χ4v) is 5.61. The lowest BCUT2D eigenvalue weighted by Gasteiger charge is -2.33. The summed E-state index contributed by atoms with van der Waals surface area (Å²) >= 11 is 0. The van der Waals surface area contributed by atoms with Crippen LogP contribution in [0.15, 0.2) is 48.5 Å². The number of carbonyl (C=O) groups excluding carboxylic acids is 2. The summed E-state index contributed by atoms with van der Waals surface area (Å²) in [5, 5.41) is 3.12. The Morgan fingerprint density at radius 3 is 2.16 bits per heavy atom. The molecule has 8 heteroatoms. The number of amides is 2. The van der Waals surface area contributed by atoms with Gasteiger partial charge in [0.2, 0.25) is 21.8 Å². The van der Waals surface area contributed by atoms with E-state index in [-0.39, 0.29) is 25.0 Å². The Morgan fingerprint density at radius 2 is 1.59 bits per heavy atom. The first-order valence-corrected chi connectivity index (χ1v) is 15.0. The molecule has 0 aliphatic heterocycles. The Balaban J connectivity index is 1.87. The maximum atomic E-state index is 13.7. The minimum atomic E-state index is -3.74. The molecule has 1 fully saturated rings. The summed E-state index contributed by atoms with van der Waals surface area (Å²) in [5.41, 5.74) is 3.43. The molecule has 0 radical (unpaired) electrons. The summed E-state index contributed by atoms with van der Waals surface area (Å²) in [7, 11) is -3.74. The number of hydrogen-bond donors (Lipinski definition) is 1. The van der Waals surface area contributed by atoms with Crippen LogP contribution in [-0.2, 0) is 26.2 Å². The van der Waals surface area contributed by atoms with Gasteiger partial charge in [0.1, 0.15) is 12.6 Å². The predicted octanol–water partition coefficient (Wildman–Crippen LogP) is 4.75. The molecule has 1 saturated carbocycles. The van der Waals surface area contributed by atoms with Crippen LogP contribution in [0.2, 0.25) is 0 Å². The first-order chi connectivity index (χ1) is 17.5. The molecule has 0 aromatic heterocycles. The summed E-state index contributed by atoms with van der Waals surface area (Å²) < 4.78 is 26.6. The van der Waals surface area contributed by atoms with E-state index in [0.717, 1.165) is 52.9 Å². The summed E-state index contributed by atoms with van der Waals surface area (Å²) in [6.07, 6.45) is 6.34. The average molecular weight is 528 g/mol. The fraction of sp³-hybridized carbons (Fsp3) is 0.517. The third-order valence-electron chi connectivity index (χ3n) is 7.25. The molecule has 1 N–H and O–H groups in total. The maximum absolute atomic E-state index is 13.7. The van der Waals surface area contributed by atoms with Crippen LogP contribution < -0.4 is 9.62 Å². The van der Waals surface area contributed by atoms with Gasteiger partial charge in [-0.1, -0.05) is 69.5 Å². The van der Waals surface area contributed by atoms with E-state index in [1.165, 1.54) is 11.3 Å². The van der Waals surface area contributed by atoms with Crippen LogP contribution in [0.4, 0.5) is 5.69 Å². The second-order valence-electron chi connectivity index (χ2n) is 10.5. The van der Waals surface area contributed by atoms with E-state index in [1.54, 1.807) is 19.1 Å². The van der Waals surface area contributed by atoms with Crippen molar-refractivity contribution in [1.82, 2.24) is 10.2 Å². The van der Waals surface area contributed by atoms with Crippen LogP contribution in [0.5, 0.6) is 0 Å². The summed E-state index contributed by atoms with van der Waals surface area (Å²) in [4.78, 5) is 28.5. The SMILES string of the molecule is Cc1ccccc1CN(C(=O)CN(c1ccc(C(C)C)cc1)S(C)(=O)=O)C(C)C(=O)NC1CCCCC1. The molecule has 2 aromatic rings. The molecule has 2 aromatic carbocycles. The van der Waals surface area contributed by atoms with Crippen molar-refractivity contribution >= 4 is 27.5 Å². The third kappa shape index (κ3) is 7.81. The van der Waals surface area contributed by atoms with Crippen molar-refractivity contribution in [3.63, 3.8) is 0 Å². The molecular weight excluding hydrogens is 486 g/mol. The van der Waals surface area contributed by atoms with Crippen molar-refractivity contribution in [2.24, 2.45) is 0 Å². The van der Waals surface area contributed by atoms with Gasteiger partial charge >= 0.3 is 0 Å². The lowest BCUT2D eigenvalue weighted by Crippen LogP contribution is -2.53. The Kier molecular flexibility index (Phi) is 9.76. The average Bonchev–Trinajstić information content (AvgIpc) is 2.86. The van der Waals surface area contributed by atoms with Gasteiger partial charge in [-0.25, -0.2) is 8.42 Å². The molecule has 1 unspecified atom stereocenters. The van der Waals surface area contributed by atoms with Crippen LogP contribution in [0.1, 0.15) is 75.5 Å². The van der Waals surface area contributed by atoms with Gasteiger partial charge < -0.3 is 10.2 Å². The molecule has 202 valence electrons. The number of nitrogens with one attached hydrogen (secondary N) is 1. The van der Waals surface area contributed by atoms with Gasteiger partial charge in [-0.3, -0.25) is 13.9 Å². The Morgan fingerprint density at radius 1 is 0.973 bits per heavy atom. The fourth-order valence-electron chi connectivity index (χ4n) is 4.76. The van der Waals surface area contributed by atoms with E-state index in [0.29, 0.717) is 11.6 Å². The van der Waals surface area contributed by atoms with Crippen molar-refractivity contribution in [2.75, 3.05) is 17.1 Å². The number of hydrogen-bond acceptors (Lipinski definition) is 4. The molecule has 37 heavy (non-hydrogen) atoms. The Hall–Kier alpha value is -2.87. The molecule has 3 rings (SSSR count). The van der Waals surface area contributed by atoms with E-state index in [4.69, 9.17) is 0 Å². The van der Waals surface area contributed by atoms with Gasteiger partial charge in [0.25, 0.3) is 0 Å². The van der Waals surface area contributed by atoms with E-state index >= 15 is 0 Å². The minimum Gasteiger partial charge on any atom is -0.352 e. The normalized spacial score (nSPS) is 15.3. The van der Waals surface area contributed by atoms with Gasteiger partial charge in [0.15, 0.2) is 0 Å². The topological polar surface area (TPSA) is 86.8 Å². The van der Waals surface area contributed by atoms with Gasteiger partial charge in [0, 0.05) is 12.6 Å². The summed E-state index contributed by atoms with van der Waals surface area (Å²) in [5.74, 6) is -0.329. The molecule has 1 aliphatic rings. The van der Waals surface area contributed by atoms with E-state index < -0.39 is 22.0 Å². The largest absolute Gasteiger partial charge is 0.352 e. The first-order valence-electron chi connectivity index (χ1n) is 13.2. The molecule has 1 aliphatic carbocycles. The highest BCUT2D eigenvalue weighted by atomic mass is 32.2. The maximum Gasteiger partial charge on any atom is 0.244 e. The lowest BCUT2D eigenvalue weighted by molar-refractivity contribution is -0.139. The van der Waals surface area contributed by atoms with Crippen molar-refractivity contribution in [2.45, 2.75) is 84.3 Å². The van der Waals surface area contributed by atoms with Gasteiger partial charge in [-0.2, -0.15) is 0 Å². The number of aryl methyl sites for hydroxylation is 1. The highest BCUT2D eigenvalue weighted by Crippen LogP contribution is 2.23. The van der Waals surface area contributed by atoms with Crippen molar-refractivity contribution in [1.29, 1.82) is 0 Å². The van der Waals surface area contributed by atoms with Crippen LogP contribution in [-0.4, -0.2) is 50.0 Å². The quantitative estimate of drug-likeness (QED) is 0.483. The standard InChI is InChI=1S/C29H41N3O4S/c1-21(2)24-15-17-27(18-16-24)32(37(5,35)36)20-28(33)31(19-25-12-10-9-11-22(25)3)23(4)29(34)30-26-13-7-6-8-14-26/h9-12,15-18,21,23,26H,6-8,13-14,19-20H2,1-5H3,(H,30,34). The predicted molar refractivity (Wildman–Crippen MR) is 149 cm³/mol. The zero-order valence-corrected chi connectivity index (χ0v) is 23.6. The van der Waals surface area contributed by atoms with Crippen molar-refractivity contribution < 1.29 is 18.0 Å². The van der Waals surface area contributed by atoms with Crippen LogP contribution in [0.3, 0.4) is 0 Å². The van der Waals surface area contributed by atoms with E-state index in [9.17, 15) is 18.0 Å². The third-order valence-corrected chi connectivity index (χ3v) is 8.39. The second kappa shape index (κ2) is 12.6. The smallest absolute Gasteiger partial charge is 0.244 e. The first kappa shape index (κ1) is 28.7. The van der Waals surface area contributed by atoms with Crippen molar-refractivity contribution in [3.05, 3.63) is 65.2 Å². The molecule has 7 nitrogen and oxygen atoms in total. The number of rotatable bonds is 10. The van der Waals surface area contributed by atoms with Crippen LogP contribution >= 0.6 is 0 Å². The molecule has 1 atom stereocenters. The minimum absolute atomic E-state index is 0.117.